The van der Waals surface area contributed by atoms with Crippen molar-refractivity contribution >= 4 is 0 Å². The minimum Gasteiger partial charge on any atom is -0.387 e. The van der Waals surface area contributed by atoms with Crippen molar-refractivity contribution in [2.75, 3.05) is 6.61 Å². The van der Waals surface area contributed by atoms with Crippen LogP contribution < -0.4 is 0 Å². The summed E-state index contributed by atoms with van der Waals surface area (Å²) in [5.41, 5.74) is 0. The summed E-state index contributed by atoms with van der Waals surface area (Å²) >= 11 is 0. The Balaban J connectivity index is 1.68. The molecular weight excluding hydrogens is 240 g/mol. The standard InChI is InChI=1S/C12H20O6/c1-11(2)14-5-6(16-11)8-7(13)9-10(15-8)18-12(3,4)17-9/h6-10,13H,5H2,1-4H3/t6?,7?,8-,9+,10-/m0/s1. The van der Waals surface area contributed by atoms with Gasteiger partial charge < -0.3 is 28.8 Å². The predicted octanol–water partition coefficient (Wildman–Crippen LogP) is 0.375. The molecule has 5 atom stereocenters. The molecule has 3 saturated heterocycles. The van der Waals surface area contributed by atoms with Gasteiger partial charge in [0.05, 0.1) is 6.61 Å². The first kappa shape index (κ1) is 12.8. The number of fused-ring (bicyclic) bond motifs is 1. The second-order valence-electron chi connectivity index (χ2n) is 5.93. The summed E-state index contributed by atoms with van der Waals surface area (Å²) in [6.07, 6.45) is -2.53. The lowest BCUT2D eigenvalue weighted by molar-refractivity contribution is -0.232. The number of ether oxygens (including phenoxy) is 5. The van der Waals surface area contributed by atoms with Crippen LogP contribution in [0.5, 0.6) is 0 Å². The first-order valence-electron chi connectivity index (χ1n) is 6.28. The van der Waals surface area contributed by atoms with Crippen LogP contribution in [0.1, 0.15) is 27.7 Å². The van der Waals surface area contributed by atoms with Crippen molar-refractivity contribution in [2.24, 2.45) is 0 Å². The Kier molecular flexibility index (Phi) is 2.75. The van der Waals surface area contributed by atoms with Crippen LogP contribution in [-0.4, -0.2) is 54.0 Å². The van der Waals surface area contributed by atoms with Crippen molar-refractivity contribution in [1.29, 1.82) is 0 Å². The van der Waals surface area contributed by atoms with E-state index in [-0.39, 0.29) is 6.10 Å². The lowest BCUT2D eigenvalue weighted by Gasteiger charge is -2.26. The topological polar surface area (TPSA) is 66.4 Å². The van der Waals surface area contributed by atoms with Gasteiger partial charge in [-0.3, -0.25) is 0 Å². The van der Waals surface area contributed by atoms with Crippen molar-refractivity contribution < 1.29 is 28.8 Å². The minimum atomic E-state index is -0.765. The number of hydrogen-bond acceptors (Lipinski definition) is 6. The van der Waals surface area contributed by atoms with E-state index in [9.17, 15) is 5.11 Å². The maximum atomic E-state index is 10.3. The second-order valence-corrected chi connectivity index (χ2v) is 5.93. The zero-order valence-electron chi connectivity index (χ0n) is 11.1. The van der Waals surface area contributed by atoms with Crippen LogP contribution >= 0.6 is 0 Å². The Labute approximate surface area is 106 Å². The lowest BCUT2D eigenvalue weighted by atomic mass is 10.1. The van der Waals surface area contributed by atoms with Gasteiger partial charge in [-0.05, 0) is 27.7 Å². The van der Waals surface area contributed by atoms with Gasteiger partial charge in [-0.2, -0.15) is 0 Å². The van der Waals surface area contributed by atoms with Gasteiger partial charge in [0.15, 0.2) is 17.9 Å². The Hall–Kier alpha value is -0.240. The van der Waals surface area contributed by atoms with E-state index in [0.29, 0.717) is 6.61 Å². The van der Waals surface area contributed by atoms with E-state index < -0.39 is 36.2 Å². The third kappa shape index (κ3) is 2.07. The van der Waals surface area contributed by atoms with Gasteiger partial charge in [0.1, 0.15) is 24.4 Å². The van der Waals surface area contributed by atoms with Crippen LogP contribution in [0.2, 0.25) is 0 Å². The largest absolute Gasteiger partial charge is 0.387 e. The van der Waals surface area contributed by atoms with Gasteiger partial charge >= 0.3 is 0 Å². The highest BCUT2D eigenvalue weighted by Crippen LogP contribution is 2.40. The maximum absolute atomic E-state index is 10.3. The highest BCUT2D eigenvalue weighted by atomic mass is 16.8. The van der Waals surface area contributed by atoms with Crippen molar-refractivity contribution in [1.82, 2.24) is 0 Å². The fourth-order valence-electron chi connectivity index (χ4n) is 2.70. The van der Waals surface area contributed by atoms with E-state index in [1.807, 2.05) is 13.8 Å². The average molecular weight is 260 g/mol. The molecule has 1 N–H and O–H groups in total. The molecule has 3 aliphatic rings. The van der Waals surface area contributed by atoms with E-state index in [1.165, 1.54) is 0 Å². The van der Waals surface area contributed by atoms with E-state index in [2.05, 4.69) is 0 Å². The van der Waals surface area contributed by atoms with Gasteiger partial charge in [0, 0.05) is 0 Å². The molecule has 2 unspecified atom stereocenters. The molecule has 3 heterocycles. The molecule has 0 amide bonds. The van der Waals surface area contributed by atoms with E-state index in [0.717, 1.165) is 0 Å². The molecule has 0 aliphatic carbocycles. The zero-order chi connectivity index (χ0) is 13.1. The Bertz CT molecular complexity index is 341. The molecule has 0 aromatic heterocycles. The third-order valence-corrected chi connectivity index (χ3v) is 3.45. The molecule has 6 heteroatoms. The minimum absolute atomic E-state index is 0.295. The Morgan fingerprint density at radius 1 is 0.944 bits per heavy atom. The molecule has 0 saturated carbocycles. The summed E-state index contributed by atoms with van der Waals surface area (Å²) in [6, 6.07) is 0. The average Bonchev–Trinajstić information content (AvgIpc) is 2.81. The van der Waals surface area contributed by atoms with Crippen LogP contribution in [0.4, 0.5) is 0 Å². The summed E-state index contributed by atoms with van der Waals surface area (Å²) in [6.45, 7) is 7.68. The molecule has 18 heavy (non-hydrogen) atoms. The monoisotopic (exact) mass is 260 g/mol. The molecule has 0 bridgehead atoms. The molecule has 0 aromatic carbocycles. The first-order chi connectivity index (χ1) is 8.27. The fourth-order valence-corrected chi connectivity index (χ4v) is 2.70. The van der Waals surface area contributed by atoms with E-state index in [1.54, 1.807) is 13.8 Å². The highest BCUT2D eigenvalue weighted by molar-refractivity contribution is 4.97. The van der Waals surface area contributed by atoms with Crippen LogP contribution in [0.15, 0.2) is 0 Å². The quantitative estimate of drug-likeness (QED) is 0.735. The molecule has 3 rings (SSSR count). The van der Waals surface area contributed by atoms with Crippen LogP contribution in [-0.2, 0) is 23.7 Å². The summed E-state index contributed by atoms with van der Waals surface area (Å²) in [5.74, 6) is -1.35. The molecular formula is C12H20O6. The van der Waals surface area contributed by atoms with Crippen molar-refractivity contribution in [3.05, 3.63) is 0 Å². The molecule has 3 aliphatic heterocycles. The van der Waals surface area contributed by atoms with Crippen LogP contribution in [0.3, 0.4) is 0 Å². The van der Waals surface area contributed by atoms with Gasteiger partial charge in [0.25, 0.3) is 0 Å². The molecule has 104 valence electrons. The summed E-state index contributed by atoms with van der Waals surface area (Å²) < 4.78 is 28.1. The highest BCUT2D eigenvalue weighted by Gasteiger charge is 2.57. The zero-order valence-corrected chi connectivity index (χ0v) is 11.1. The van der Waals surface area contributed by atoms with Crippen molar-refractivity contribution in [3.63, 3.8) is 0 Å². The molecule has 6 nitrogen and oxygen atoms in total. The smallest absolute Gasteiger partial charge is 0.190 e. The molecule has 0 radical (unpaired) electrons. The van der Waals surface area contributed by atoms with Crippen molar-refractivity contribution in [3.8, 4) is 0 Å². The molecule has 0 spiro atoms. The number of aliphatic hydroxyl groups excluding tert-OH is 1. The summed E-state index contributed by atoms with van der Waals surface area (Å²) in [7, 11) is 0. The van der Waals surface area contributed by atoms with Gasteiger partial charge in [-0.25, -0.2) is 0 Å². The van der Waals surface area contributed by atoms with Gasteiger partial charge in [-0.1, -0.05) is 0 Å². The maximum Gasteiger partial charge on any atom is 0.190 e. The third-order valence-electron chi connectivity index (χ3n) is 3.45. The van der Waals surface area contributed by atoms with E-state index >= 15 is 0 Å². The van der Waals surface area contributed by atoms with Crippen LogP contribution in [0, 0.1) is 0 Å². The number of hydrogen-bond donors (Lipinski definition) is 1. The van der Waals surface area contributed by atoms with E-state index in [4.69, 9.17) is 23.7 Å². The Morgan fingerprint density at radius 2 is 1.67 bits per heavy atom. The Morgan fingerprint density at radius 3 is 2.22 bits per heavy atom. The fraction of sp³-hybridized carbons (Fsp3) is 1.00. The van der Waals surface area contributed by atoms with Crippen LogP contribution in [0.25, 0.3) is 0 Å². The van der Waals surface area contributed by atoms with Gasteiger partial charge in [0.2, 0.25) is 0 Å². The molecule has 0 aromatic rings. The predicted molar refractivity (Wildman–Crippen MR) is 59.6 cm³/mol. The number of rotatable bonds is 1. The number of aliphatic hydroxyl groups is 1. The first-order valence-corrected chi connectivity index (χ1v) is 6.28. The second kappa shape index (κ2) is 3.88. The van der Waals surface area contributed by atoms with Crippen molar-refractivity contribution in [2.45, 2.75) is 70.0 Å². The van der Waals surface area contributed by atoms with Gasteiger partial charge in [-0.15, -0.1) is 0 Å². The lowest BCUT2D eigenvalue weighted by Crippen LogP contribution is -2.42. The SMILES string of the molecule is CC1(C)OCC([C@@H]2O[C@H]3OC(C)(C)O[C@@H]3C2O)O1. The summed E-state index contributed by atoms with van der Waals surface area (Å²) in [5, 5.41) is 10.3. The normalized spacial score (nSPS) is 49.5. The molecule has 3 fully saturated rings. The summed E-state index contributed by atoms with van der Waals surface area (Å²) in [4.78, 5) is 0.